The summed E-state index contributed by atoms with van der Waals surface area (Å²) in [6.07, 6.45) is 6.60. The van der Waals surface area contributed by atoms with E-state index >= 15 is 0 Å². The largest absolute Gasteiger partial charge is 0.329 e. The van der Waals surface area contributed by atoms with Crippen LogP contribution < -0.4 is 5.69 Å². The smallest absolute Gasteiger partial charge is 0.294 e. The van der Waals surface area contributed by atoms with Crippen molar-refractivity contribution < 1.29 is 0 Å². The minimum Gasteiger partial charge on any atom is -0.294 e. The summed E-state index contributed by atoms with van der Waals surface area (Å²) in [5.74, 6) is 0.579. The molecule has 3 aromatic heterocycles. The van der Waals surface area contributed by atoms with Gasteiger partial charge < -0.3 is 0 Å². The standard InChI is InChI=1S/C24H29N7O/c1-5-6-7-22-17(4)31(16(2)3)24(32)30(22)15-18-8-10-19(11-9-18)20-12-13-25-14-21(20)23-26-28-29-27-23/h8-14,16H,5-7,15H2,1-4H3,(H,26,27,28,29). The Morgan fingerprint density at radius 1 is 1.09 bits per heavy atom. The first-order valence-electron chi connectivity index (χ1n) is 11.1. The Balaban J connectivity index is 1.66. The summed E-state index contributed by atoms with van der Waals surface area (Å²) >= 11 is 0. The van der Waals surface area contributed by atoms with Crippen LogP contribution in [0.3, 0.4) is 0 Å². The van der Waals surface area contributed by atoms with E-state index in [4.69, 9.17) is 0 Å². The van der Waals surface area contributed by atoms with Crippen LogP contribution in [0.1, 0.15) is 56.6 Å². The van der Waals surface area contributed by atoms with Crippen molar-refractivity contribution in [1.82, 2.24) is 34.7 Å². The molecule has 8 nitrogen and oxygen atoms in total. The molecule has 4 aromatic rings. The highest BCUT2D eigenvalue weighted by Crippen LogP contribution is 2.29. The number of hydrogen-bond donors (Lipinski definition) is 1. The number of aromatic nitrogens is 7. The van der Waals surface area contributed by atoms with Crippen LogP contribution in [0, 0.1) is 6.92 Å². The lowest BCUT2D eigenvalue weighted by atomic mass is 10.00. The predicted molar refractivity (Wildman–Crippen MR) is 124 cm³/mol. The number of imidazole rings is 1. The van der Waals surface area contributed by atoms with Crippen LogP contribution in [0.25, 0.3) is 22.5 Å². The molecule has 0 radical (unpaired) electrons. The van der Waals surface area contributed by atoms with Gasteiger partial charge in [-0.15, -0.1) is 5.10 Å². The fraction of sp³-hybridized carbons (Fsp3) is 0.375. The van der Waals surface area contributed by atoms with Crippen molar-refractivity contribution in [2.45, 2.75) is 59.5 Å². The number of hydrogen-bond acceptors (Lipinski definition) is 5. The Morgan fingerprint density at radius 2 is 1.88 bits per heavy atom. The van der Waals surface area contributed by atoms with E-state index in [1.807, 2.05) is 15.2 Å². The maximum atomic E-state index is 13.2. The number of nitrogens with one attached hydrogen (secondary N) is 1. The molecule has 0 amide bonds. The summed E-state index contributed by atoms with van der Waals surface area (Å²) < 4.78 is 3.85. The summed E-state index contributed by atoms with van der Waals surface area (Å²) in [5, 5.41) is 14.2. The number of aromatic amines is 1. The maximum Gasteiger partial charge on any atom is 0.329 e. The van der Waals surface area contributed by atoms with E-state index in [9.17, 15) is 4.79 Å². The van der Waals surface area contributed by atoms with Crippen molar-refractivity contribution in [1.29, 1.82) is 0 Å². The highest BCUT2D eigenvalue weighted by atomic mass is 16.1. The van der Waals surface area contributed by atoms with Crippen LogP contribution in [0.2, 0.25) is 0 Å². The van der Waals surface area contributed by atoms with E-state index in [0.717, 1.165) is 52.9 Å². The zero-order chi connectivity index (χ0) is 22.7. The summed E-state index contributed by atoms with van der Waals surface area (Å²) in [4.78, 5) is 17.4. The van der Waals surface area contributed by atoms with Crippen molar-refractivity contribution in [2.75, 3.05) is 0 Å². The average molecular weight is 432 g/mol. The van der Waals surface area contributed by atoms with Gasteiger partial charge >= 0.3 is 5.69 Å². The van der Waals surface area contributed by atoms with Gasteiger partial charge in [-0.2, -0.15) is 0 Å². The summed E-state index contributed by atoms with van der Waals surface area (Å²) in [7, 11) is 0. The fourth-order valence-electron chi connectivity index (χ4n) is 4.24. The minimum atomic E-state index is 0.0712. The zero-order valence-corrected chi connectivity index (χ0v) is 19.0. The minimum absolute atomic E-state index is 0.0712. The Hall–Kier alpha value is -3.55. The van der Waals surface area contributed by atoms with Gasteiger partial charge in [-0.3, -0.25) is 14.1 Å². The number of H-pyrrole nitrogens is 1. The highest BCUT2D eigenvalue weighted by molar-refractivity contribution is 5.79. The maximum absolute atomic E-state index is 13.2. The Kier molecular flexibility index (Phi) is 6.30. The Labute approximate surface area is 187 Å². The first-order chi connectivity index (χ1) is 15.5. The molecule has 0 atom stereocenters. The summed E-state index contributed by atoms with van der Waals surface area (Å²) in [6, 6.07) is 10.4. The number of tetrazole rings is 1. The SMILES string of the molecule is CCCCc1c(C)n(C(C)C)c(=O)n1Cc1ccc(-c2ccncc2-c2nnn[nH]2)cc1. The lowest BCUT2D eigenvalue weighted by Gasteiger charge is -2.10. The first-order valence-corrected chi connectivity index (χ1v) is 11.1. The Bertz CT molecular complexity index is 1230. The molecule has 4 rings (SSSR count). The van der Waals surface area contributed by atoms with Gasteiger partial charge in [0.1, 0.15) is 0 Å². The van der Waals surface area contributed by atoms with Gasteiger partial charge in [0.05, 0.1) is 6.54 Å². The lowest BCUT2D eigenvalue weighted by molar-refractivity contribution is 0.550. The third kappa shape index (κ3) is 4.12. The third-order valence-electron chi connectivity index (χ3n) is 5.85. The number of rotatable bonds is 8. The van der Waals surface area contributed by atoms with Gasteiger partial charge in [0.25, 0.3) is 0 Å². The molecule has 0 aliphatic rings. The van der Waals surface area contributed by atoms with Crippen molar-refractivity contribution in [3.63, 3.8) is 0 Å². The van der Waals surface area contributed by atoms with Crippen molar-refractivity contribution in [3.8, 4) is 22.5 Å². The molecule has 0 saturated carbocycles. The molecule has 0 bridgehead atoms. The van der Waals surface area contributed by atoms with E-state index in [1.165, 1.54) is 0 Å². The van der Waals surface area contributed by atoms with Gasteiger partial charge in [-0.05, 0) is 66.8 Å². The van der Waals surface area contributed by atoms with Gasteiger partial charge in [0, 0.05) is 35.4 Å². The normalized spacial score (nSPS) is 11.4. The Morgan fingerprint density at radius 3 is 2.53 bits per heavy atom. The highest BCUT2D eigenvalue weighted by Gasteiger charge is 2.18. The molecule has 0 aliphatic carbocycles. The quantitative estimate of drug-likeness (QED) is 0.452. The molecule has 32 heavy (non-hydrogen) atoms. The van der Waals surface area contributed by atoms with Crippen LogP contribution in [-0.4, -0.2) is 34.7 Å². The molecule has 1 N–H and O–H groups in total. The number of unbranched alkanes of at least 4 members (excludes halogenated alkanes) is 1. The van der Waals surface area contributed by atoms with Crippen LogP contribution in [0.5, 0.6) is 0 Å². The molecular formula is C24H29N7O. The summed E-state index contributed by atoms with van der Waals surface area (Å²) in [6.45, 7) is 8.93. The molecule has 3 heterocycles. The van der Waals surface area contributed by atoms with Crippen LogP contribution in [0.4, 0.5) is 0 Å². The van der Waals surface area contributed by atoms with Crippen LogP contribution in [-0.2, 0) is 13.0 Å². The van der Waals surface area contributed by atoms with Crippen molar-refractivity contribution in [3.05, 3.63) is 70.2 Å². The van der Waals surface area contributed by atoms with Crippen LogP contribution in [0.15, 0.2) is 47.5 Å². The van der Waals surface area contributed by atoms with Gasteiger partial charge in [-0.1, -0.05) is 37.6 Å². The van der Waals surface area contributed by atoms with Crippen LogP contribution >= 0.6 is 0 Å². The third-order valence-corrected chi connectivity index (χ3v) is 5.85. The van der Waals surface area contributed by atoms with E-state index in [0.29, 0.717) is 12.4 Å². The molecule has 1 aromatic carbocycles. The zero-order valence-electron chi connectivity index (χ0n) is 19.0. The van der Waals surface area contributed by atoms with E-state index in [1.54, 1.807) is 12.4 Å². The number of nitrogens with zero attached hydrogens (tertiary/aromatic N) is 6. The molecule has 0 fully saturated rings. The van der Waals surface area contributed by atoms with E-state index in [-0.39, 0.29) is 11.7 Å². The first kappa shape index (κ1) is 21.7. The van der Waals surface area contributed by atoms with Crippen molar-refractivity contribution in [2.24, 2.45) is 0 Å². The molecule has 0 unspecified atom stereocenters. The predicted octanol–water partition coefficient (Wildman–Crippen LogP) is 4.17. The second-order valence-electron chi connectivity index (χ2n) is 8.34. The number of benzene rings is 1. The molecule has 8 heteroatoms. The fourth-order valence-corrected chi connectivity index (χ4v) is 4.24. The van der Waals surface area contributed by atoms with Gasteiger partial charge in [-0.25, -0.2) is 9.89 Å². The topological polar surface area (TPSA) is 94.3 Å². The second-order valence-corrected chi connectivity index (χ2v) is 8.34. The van der Waals surface area contributed by atoms with Gasteiger partial charge in [0.15, 0.2) is 5.82 Å². The number of pyridine rings is 1. The van der Waals surface area contributed by atoms with Crippen molar-refractivity contribution >= 4 is 0 Å². The average Bonchev–Trinajstić information content (AvgIpc) is 3.40. The lowest BCUT2D eigenvalue weighted by Crippen LogP contribution is -2.27. The molecule has 0 aliphatic heterocycles. The molecule has 0 saturated heterocycles. The van der Waals surface area contributed by atoms with E-state index < -0.39 is 0 Å². The monoisotopic (exact) mass is 431 g/mol. The second kappa shape index (κ2) is 9.30. The molecular weight excluding hydrogens is 402 g/mol. The molecule has 166 valence electrons. The molecule has 0 spiro atoms. The summed E-state index contributed by atoms with van der Waals surface area (Å²) in [5.41, 5.74) is 6.26. The van der Waals surface area contributed by atoms with Gasteiger partial charge in [0.2, 0.25) is 0 Å². The van der Waals surface area contributed by atoms with E-state index in [2.05, 4.69) is 77.6 Å².